The van der Waals surface area contributed by atoms with E-state index in [1.807, 2.05) is 0 Å². The monoisotopic (exact) mass is 478 g/mol. The number of ether oxygens (including phenoxy) is 3. The zero-order valence-corrected chi connectivity index (χ0v) is 18.9. The van der Waals surface area contributed by atoms with Crippen molar-refractivity contribution < 1.29 is 28.6 Å². The summed E-state index contributed by atoms with van der Waals surface area (Å²) in [6.07, 6.45) is -0.949. The summed E-state index contributed by atoms with van der Waals surface area (Å²) in [5.41, 5.74) is 4.67. The normalized spacial score (nSPS) is 20.5. The Hall–Kier alpha value is -2.81. The summed E-state index contributed by atoms with van der Waals surface area (Å²) in [6.45, 7) is 8.20. The molecule has 0 saturated carbocycles. The molecule has 30 heavy (non-hydrogen) atoms. The average Bonchev–Trinajstić information content (AvgIpc) is 2.85. The van der Waals surface area contributed by atoms with Gasteiger partial charge in [0.05, 0.1) is 12.2 Å². The van der Waals surface area contributed by atoms with Gasteiger partial charge in [-0.1, -0.05) is 15.9 Å². The molecule has 1 spiro atoms. The number of benzene rings is 1. The van der Waals surface area contributed by atoms with Crippen molar-refractivity contribution in [2.75, 3.05) is 5.32 Å². The minimum Gasteiger partial charge on any atom is -0.459 e. The molecule has 9 heteroatoms. The third-order valence-electron chi connectivity index (χ3n) is 4.68. The number of rotatable bonds is 4. The Balaban J connectivity index is 2.37. The van der Waals surface area contributed by atoms with Crippen molar-refractivity contribution >= 4 is 39.5 Å². The first-order valence-corrected chi connectivity index (χ1v) is 10.2. The van der Waals surface area contributed by atoms with Gasteiger partial charge >= 0.3 is 11.9 Å². The highest BCUT2D eigenvalue weighted by Crippen LogP contribution is 2.53. The van der Waals surface area contributed by atoms with Crippen LogP contribution in [-0.2, 0) is 34.0 Å². The van der Waals surface area contributed by atoms with Crippen LogP contribution in [0.2, 0.25) is 0 Å². The molecule has 8 nitrogen and oxygen atoms in total. The highest BCUT2D eigenvalue weighted by atomic mass is 79.9. The first-order valence-electron chi connectivity index (χ1n) is 9.43. The maximum atomic E-state index is 13.5. The number of fused-ring (bicyclic) bond motifs is 2. The number of allylic oxidation sites excluding steroid dienone is 1. The van der Waals surface area contributed by atoms with Gasteiger partial charge in [-0.15, -0.1) is 0 Å². The van der Waals surface area contributed by atoms with Crippen LogP contribution in [0, 0.1) is 0 Å². The Kier molecular flexibility index (Phi) is 5.68. The van der Waals surface area contributed by atoms with Crippen molar-refractivity contribution in [1.82, 2.24) is 0 Å². The lowest BCUT2D eigenvalue weighted by molar-refractivity contribution is -0.147. The van der Waals surface area contributed by atoms with Gasteiger partial charge in [0.1, 0.15) is 22.3 Å². The molecular weight excluding hydrogens is 456 g/mol. The predicted octanol–water partition coefficient (Wildman–Crippen LogP) is 3.02. The lowest BCUT2D eigenvalue weighted by atomic mass is 9.67. The number of nitrogens with two attached hydrogens (primary N) is 1. The first-order chi connectivity index (χ1) is 14.0. The number of halogens is 1. The molecule has 160 valence electrons. The van der Waals surface area contributed by atoms with Crippen molar-refractivity contribution in [3.8, 4) is 0 Å². The second-order valence-corrected chi connectivity index (χ2v) is 8.49. The predicted molar refractivity (Wildman–Crippen MR) is 112 cm³/mol. The van der Waals surface area contributed by atoms with Crippen LogP contribution in [-0.4, -0.2) is 30.1 Å². The molecule has 2 aliphatic rings. The zero-order valence-electron chi connectivity index (χ0n) is 17.3. The van der Waals surface area contributed by atoms with Crippen LogP contribution in [0.25, 0.3) is 0 Å². The van der Waals surface area contributed by atoms with Crippen molar-refractivity contribution in [2.45, 2.75) is 52.2 Å². The molecule has 1 aromatic rings. The lowest BCUT2D eigenvalue weighted by Crippen LogP contribution is -2.49. The molecule has 2 aliphatic heterocycles. The summed E-state index contributed by atoms with van der Waals surface area (Å²) in [5.74, 6) is -2.49. The Morgan fingerprint density at radius 1 is 1.10 bits per heavy atom. The van der Waals surface area contributed by atoms with Crippen molar-refractivity contribution in [2.24, 2.45) is 5.73 Å². The highest BCUT2D eigenvalue weighted by molar-refractivity contribution is 9.10. The van der Waals surface area contributed by atoms with Gasteiger partial charge in [-0.3, -0.25) is 4.79 Å². The van der Waals surface area contributed by atoms with Gasteiger partial charge in [-0.2, -0.15) is 0 Å². The number of esters is 2. The molecule has 3 rings (SSSR count). The molecule has 0 radical (unpaired) electrons. The van der Waals surface area contributed by atoms with E-state index in [0.717, 1.165) is 0 Å². The SMILES string of the molecule is CC1=C(C(=O)OC(C)C)[C@]2(C(=O)Nc3ccc(Br)cc32)C(C(=O)OC(C)C)=C(N)O1. The van der Waals surface area contributed by atoms with Gasteiger partial charge in [-0.05, 0) is 52.8 Å². The van der Waals surface area contributed by atoms with Crippen LogP contribution < -0.4 is 11.1 Å². The molecule has 0 bridgehead atoms. The van der Waals surface area contributed by atoms with E-state index in [2.05, 4.69) is 21.2 Å². The molecule has 1 aromatic carbocycles. The van der Waals surface area contributed by atoms with E-state index < -0.39 is 35.5 Å². The fourth-order valence-corrected chi connectivity index (χ4v) is 4.07. The number of carbonyl (C=O) groups is 3. The van der Waals surface area contributed by atoms with Crippen LogP contribution in [0.15, 0.2) is 45.5 Å². The number of hydrogen-bond donors (Lipinski definition) is 2. The summed E-state index contributed by atoms with van der Waals surface area (Å²) in [5, 5.41) is 2.75. The number of carbonyl (C=O) groups excluding carboxylic acids is 3. The van der Waals surface area contributed by atoms with E-state index >= 15 is 0 Å². The molecule has 0 unspecified atom stereocenters. The Morgan fingerprint density at radius 2 is 1.67 bits per heavy atom. The standard InChI is InChI=1S/C21H23BrN2O6/c1-9(2)28-18(25)15-11(5)30-17(23)16(19(26)29-10(3)4)21(15)13-8-12(22)6-7-14(13)24-20(21)27/h6-10H,23H2,1-5H3,(H,24,27)/t21-/m0/s1. The maximum Gasteiger partial charge on any atom is 0.341 e. The molecule has 0 aromatic heterocycles. The van der Waals surface area contributed by atoms with Gasteiger partial charge in [0.15, 0.2) is 0 Å². The second-order valence-electron chi connectivity index (χ2n) is 7.57. The lowest BCUT2D eigenvalue weighted by Gasteiger charge is -2.36. The summed E-state index contributed by atoms with van der Waals surface area (Å²) in [6, 6.07) is 5.06. The second kappa shape index (κ2) is 7.79. The van der Waals surface area contributed by atoms with Crippen LogP contribution >= 0.6 is 15.9 Å². The van der Waals surface area contributed by atoms with Gasteiger partial charge in [-0.25, -0.2) is 9.59 Å². The largest absolute Gasteiger partial charge is 0.459 e. The van der Waals surface area contributed by atoms with Crippen molar-refractivity contribution in [3.05, 3.63) is 51.0 Å². The summed E-state index contributed by atoms with van der Waals surface area (Å²) >= 11 is 3.39. The third kappa shape index (κ3) is 3.36. The van der Waals surface area contributed by atoms with Crippen LogP contribution in [0.5, 0.6) is 0 Å². The van der Waals surface area contributed by atoms with E-state index in [1.165, 1.54) is 6.92 Å². The molecule has 0 aliphatic carbocycles. The average molecular weight is 479 g/mol. The van der Waals surface area contributed by atoms with Crippen LogP contribution in [0.1, 0.15) is 40.2 Å². The highest BCUT2D eigenvalue weighted by Gasteiger charge is 2.62. The van der Waals surface area contributed by atoms with E-state index in [0.29, 0.717) is 15.7 Å². The van der Waals surface area contributed by atoms with Crippen molar-refractivity contribution in [1.29, 1.82) is 0 Å². The maximum absolute atomic E-state index is 13.5. The Morgan fingerprint density at radius 3 is 2.23 bits per heavy atom. The van der Waals surface area contributed by atoms with E-state index in [4.69, 9.17) is 19.9 Å². The van der Waals surface area contributed by atoms with Crippen molar-refractivity contribution in [3.63, 3.8) is 0 Å². The molecular formula is C21H23BrN2O6. The number of anilines is 1. The molecule has 0 saturated heterocycles. The molecule has 3 N–H and O–H groups in total. The van der Waals surface area contributed by atoms with Gasteiger partial charge in [0.25, 0.3) is 0 Å². The Labute approximate surface area is 182 Å². The number of amides is 1. The molecule has 1 atom stereocenters. The van der Waals surface area contributed by atoms with E-state index in [-0.39, 0.29) is 22.8 Å². The minimum absolute atomic E-state index is 0.0715. The fourth-order valence-electron chi connectivity index (χ4n) is 3.71. The topological polar surface area (TPSA) is 117 Å². The summed E-state index contributed by atoms with van der Waals surface area (Å²) < 4.78 is 16.9. The fraction of sp³-hybridized carbons (Fsp3) is 0.381. The summed E-state index contributed by atoms with van der Waals surface area (Å²) in [7, 11) is 0. The van der Waals surface area contributed by atoms with Crippen LogP contribution in [0.3, 0.4) is 0 Å². The zero-order chi connectivity index (χ0) is 22.4. The van der Waals surface area contributed by atoms with E-state index in [9.17, 15) is 14.4 Å². The third-order valence-corrected chi connectivity index (χ3v) is 5.17. The van der Waals surface area contributed by atoms with Gasteiger partial charge < -0.3 is 25.3 Å². The quantitative estimate of drug-likeness (QED) is 0.638. The minimum atomic E-state index is -1.87. The molecule has 2 heterocycles. The Bertz CT molecular complexity index is 965. The first kappa shape index (κ1) is 21.9. The molecule has 1 amide bonds. The van der Waals surface area contributed by atoms with Gasteiger partial charge in [0.2, 0.25) is 11.8 Å². The number of hydrogen-bond acceptors (Lipinski definition) is 7. The van der Waals surface area contributed by atoms with E-state index in [1.54, 1.807) is 45.9 Å². The smallest absolute Gasteiger partial charge is 0.341 e. The van der Waals surface area contributed by atoms with Crippen LogP contribution in [0.4, 0.5) is 5.69 Å². The molecule has 0 fully saturated rings. The summed E-state index contributed by atoms with van der Waals surface area (Å²) in [4.78, 5) is 39.8. The van der Waals surface area contributed by atoms with Gasteiger partial charge in [0, 0.05) is 15.7 Å². The number of nitrogens with one attached hydrogen (secondary N) is 1.